The second kappa shape index (κ2) is 15.7. The highest BCUT2D eigenvalue weighted by atomic mass is 32.2. The molecule has 0 spiro atoms. The van der Waals surface area contributed by atoms with Crippen molar-refractivity contribution in [3.63, 3.8) is 0 Å². The fraction of sp³-hybridized carbons (Fsp3) is 0.667. The molecule has 10 nitrogen and oxygen atoms in total. The lowest BCUT2D eigenvalue weighted by Gasteiger charge is -2.54. The first-order chi connectivity index (χ1) is 25.7. The average molecular weight is 767 g/mol. The number of nitrogens with zero attached hydrogens (tertiary/aromatic N) is 4. The molecule has 7 rings (SSSR count). The van der Waals surface area contributed by atoms with Gasteiger partial charge in [0.25, 0.3) is 0 Å². The highest BCUT2D eigenvalue weighted by molar-refractivity contribution is 7.92. The molecule has 5 aliphatic rings. The molecule has 1 saturated carbocycles. The molecule has 54 heavy (non-hydrogen) atoms. The average Bonchev–Trinajstić information content (AvgIpc) is 3.53. The highest BCUT2D eigenvalue weighted by Crippen LogP contribution is 2.54. The monoisotopic (exact) mass is 766 g/mol. The van der Waals surface area contributed by atoms with Gasteiger partial charge in [0.2, 0.25) is 0 Å². The second-order valence-electron chi connectivity index (χ2n) is 17.7. The van der Waals surface area contributed by atoms with Crippen LogP contribution in [0.1, 0.15) is 71.3 Å². The van der Waals surface area contributed by atoms with Crippen LogP contribution in [0.5, 0.6) is 0 Å². The lowest BCUT2D eigenvalue weighted by atomic mass is 9.56. The van der Waals surface area contributed by atoms with Gasteiger partial charge < -0.3 is 29.1 Å². The molecular weight excluding hydrogens is 708 g/mol. The largest absolute Gasteiger partial charge is 0.469 e. The van der Waals surface area contributed by atoms with Gasteiger partial charge in [-0.3, -0.25) is 4.79 Å². The van der Waals surface area contributed by atoms with Crippen molar-refractivity contribution in [3.05, 3.63) is 59.9 Å². The number of piperidine rings is 1. The van der Waals surface area contributed by atoms with Gasteiger partial charge in [-0.25, -0.2) is 17.6 Å². The summed E-state index contributed by atoms with van der Waals surface area (Å²) in [5.41, 5.74) is 1.30. The summed E-state index contributed by atoms with van der Waals surface area (Å²) in [4.78, 5) is 34.1. The van der Waals surface area contributed by atoms with Crippen molar-refractivity contribution in [2.24, 2.45) is 23.7 Å². The van der Waals surface area contributed by atoms with Crippen LogP contribution in [0.25, 0.3) is 0 Å². The number of rotatable bonds is 12. The predicted octanol–water partition coefficient (Wildman–Crippen LogP) is 5.99. The number of hydrogen-bond donors (Lipinski definition) is 0. The zero-order valence-corrected chi connectivity index (χ0v) is 33.4. The van der Waals surface area contributed by atoms with Crippen LogP contribution in [-0.4, -0.2) is 119 Å². The van der Waals surface area contributed by atoms with Gasteiger partial charge in [-0.15, -0.1) is 0 Å². The van der Waals surface area contributed by atoms with Crippen molar-refractivity contribution >= 4 is 27.6 Å². The maximum atomic E-state index is 15.0. The van der Waals surface area contributed by atoms with Crippen molar-refractivity contribution < 1.29 is 31.9 Å². The maximum Gasteiger partial charge on any atom is 0.410 e. The summed E-state index contributed by atoms with van der Waals surface area (Å²) < 4.78 is 52.1. The van der Waals surface area contributed by atoms with Crippen molar-refractivity contribution in [1.82, 2.24) is 14.7 Å². The van der Waals surface area contributed by atoms with E-state index in [2.05, 4.69) is 20.8 Å². The molecule has 3 atom stereocenters. The fourth-order valence-electron chi connectivity index (χ4n) is 10.1. The number of hydrogen-bond acceptors (Lipinski definition) is 9. The number of amides is 1. The predicted molar refractivity (Wildman–Crippen MR) is 207 cm³/mol. The van der Waals surface area contributed by atoms with E-state index in [4.69, 9.17) is 9.47 Å². The minimum atomic E-state index is -3.55. The van der Waals surface area contributed by atoms with Crippen LogP contribution in [0.4, 0.5) is 14.9 Å². The summed E-state index contributed by atoms with van der Waals surface area (Å²) in [7, 11) is -2.07. The molecule has 0 unspecified atom stereocenters. The Morgan fingerprint density at radius 2 is 1.57 bits per heavy atom. The van der Waals surface area contributed by atoms with Gasteiger partial charge in [-0.2, -0.15) is 0 Å². The Bertz CT molecular complexity index is 1740. The first-order valence-electron chi connectivity index (χ1n) is 20.1. The molecule has 1 amide bonds. The Hall–Kier alpha value is -3.22. The van der Waals surface area contributed by atoms with Gasteiger partial charge in [-0.1, -0.05) is 18.6 Å². The standard InChI is InChI=1S/C42H59FN4O6S/c1-41(2,3)53-40(49)47-27-37(28-47)54(50,51)36-14-12-35(13-15-36)46-25-30(26-46)24-44-20-16-32(17-21-44)42(29-45-18-7-19-45,33-9-6-10-34(43)23-33)38-11-5-8-31(38)22-39(48)52-4/h6,9-10,12-15,23,30-32,37-38H,5,7-8,11,16-22,24-29H2,1-4H3/t31-,38+,42+/m1/s1. The highest BCUT2D eigenvalue weighted by Gasteiger charge is 2.53. The summed E-state index contributed by atoms with van der Waals surface area (Å²) in [6.45, 7) is 13.6. The van der Waals surface area contributed by atoms with Gasteiger partial charge in [0.15, 0.2) is 9.84 Å². The first kappa shape index (κ1) is 39.0. The second-order valence-corrected chi connectivity index (χ2v) is 19.9. The smallest absolute Gasteiger partial charge is 0.410 e. The summed E-state index contributed by atoms with van der Waals surface area (Å²) in [6.07, 6.45) is 6.42. The SMILES string of the molecule is COC(=O)C[C@H]1CCC[C@@H]1[C@](CN1CCC1)(c1cccc(F)c1)C1CCN(CC2CN(c3ccc(S(=O)(=O)C4CN(C(=O)OC(C)(C)C)C4)cc3)C2)CC1. The number of methoxy groups -OCH3 is 1. The van der Waals surface area contributed by atoms with Crippen molar-refractivity contribution in [1.29, 1.82) is 0 Å². The van der Waals surface area contributed by atoms with Gasteiger partial charge in [0, 0.05) is 62.7 Å². The molecule has 4 aliphatic heterocycles. The lowest BCUT2D eigenvalue weighted by Crippen LogP contribution is -2.58. The van der Waals surface area contributed by atoms with E-state index < -0.39 is 26.8 Å². The summed E-state index contributed by atoms with van der Waals surface area (Å²) in [5.74, 6) is 1.15. The number of ether oxygens (including phenoxy) is 2. The third kappa shape index (κ3) is 8.17. The molecule has 0 radical (unpaired) electrons. The number of sulfone groups is 1. The van der Waals surface area contributed by atoms with Crippen LogP contribution in [0.15, 0.2) is 53.4 Å². The number of halogens is 1. The third-order valence-electron chi connectivity index (χ3n) is 13.0. The minimum Gasteiger partial charge on any atom is -0.469 e. The summed E-state index contributed by atoms with van der Waals surface area (Å²) in [6, 6.07) is 14.6. The summed E-state index contributed by atoms with van der Waals surface area (Å²) in [5, 5.41) is -0.623. The molecule has 2 aromatic rings. The van der Waals surface area contributed by atoms with Gasteiger partial charge >= 0.3 is 12.1 Å². The van der Waals surface area contributed by atoms with Gasteiger partial charge in [-0.05, 0) is 139 Å². The van der Waals surface area contributed by atoms with E-state index in [1.165, 1.54) is 18.4 Å². The summed E-state index contributed by atoms with van der Waals surface area (Å²) >= 11 is 0. The van der Waals surface area contributed by atoms with E-state index >= 15 is 4.39 Å². The van der Waals surface area contributed by atoms with Crippen molar-refractivity contribution in [3.8, 4) is 0 Å². The number of esters is 1. The zero-order valence-electron chi connectivity index (χ0n) is 32.6. The van der Waals surface area contributed by atoms with E-state index in [1.807, 2.05) is 18.2 Å². The molecule has 2 aromatic carbocycles. The van der Waals surface area contributed by atoms with Crippen LogP contribution >= 0.6 is 0 Å². The molecule has 4 saturated heterocycles. The Labute approximate surface area is 321 Å². The molecule has 5 fully saturated rings. The molecule has 0 N–H and O–H groups in total. The van der Waals surface area contributed by atoms with Crippen LogP contribution in [0.2, 0.25) is 0 Å². The zero-order chi connectivity index (χ0) is 38.3. The van der Waals surface area contributed by atoms with Crippen LogP contribution in [0, 0.1) is 29.5 Å². The molecule has 12 heteroatoms. The van der Waals surface area contributed by atoms with E-state index in [0.717, 1.165) is 95.7 Å². The van der Waals surface area contributed by atoms with Crippen molar-refractivity contribution in [2.75, 3.05) is 77.5 Å². The molecule has 4 heterocycles. The first-order valence-corrected chi connectivity index (χ1v) is 21.6. The van der Waals surface area contributed by atoms with Crippen LogP contribution in [-0.2, 0) is 29.5 Å². The molecule has 0 aromatic heterocycles. The third-order valence-corrected chi connectivity index (χ3v) is 15.1. The number of benzene rings is 2. The molecular formula is C42H59FN4O6S. The number of carbonyl (C=O) groups excluding carboxylic acids is 2. The Balaban J connectivity index is 0.955. The lowest BCUT2D eigenvalue weighted by molar-refractivity contribution is -0.142. The minimum absolute atomic E-state index is 0.142. The van der Waals surface area contributed by atoms with E-state index in [9.17, 15) is 18.0 Å². The molecule has 0 bridgehead atoms. The number of carbonyl (C=O) groups is 2. The Morgan fingerprint density at radius 1 is 0.870 bits per heavy atom. The Kier molecular flexibility index (Phi) is 11.4. The Morgan fingerprint density at radius 3 is 2.19 bits per heavy atom. The maximum absolute atomic E-state index is 15.0. The topological polar surface area (TPSA) is 99.7 Å². The van der Waals surface area contributed by atoms with Gasteiger partial charge in [0.1, 0.15) is 16.7 Å². The van der Waals surface area contributed by atoms with E-state index in [0.29, 0.717) is 24.2 Å². The fourth-order valence-corrected chi connectivity index (χ4v) is 11.7. The molecule has 1 aliphatic carbocycles. The van der Waals surface area contributed by atoms with Crippen molar-refractivity contribution in [2.45, 2.75) is 86.9 Å². The number of anilines is 1. The van der Waals surface area contributed by atoms with Crippen LogP contribution in [0.3, 0.4) is 0 Å². The van der Waals surface area contributed by atoms with Gasteiger partial charge in [0.05, 0.1) is 12.0 Å². The van der Waals surface area contributed by atoms with E-state index in [-0.39, 0.29) is 41.1 Å². The molecule has 296 valence electrons. The normalized spacial score (nSPS) is 24.7. The van der Waals surface area contributed by atoms with E-state index in [1.54, 1.807) is 45.0 Å². The number of likely N-dealkylation sites (tertiary alicyclic amines) is 3. The quantitative estimate of drug-likeness (QED) is 0.242. The van der Waals surface area contributed by atoms with Crippen LogP contribution < -0.4 is 4.90 Å².